The van der Waals surface area contributed by atoms with Crippen LogP contribution in [0.1, 0.15) is 43.7 Å². The molecule has 2 rings (SSSR count). The lowest BCUT2D eigenvalue weighted by molar-refractivity contribution is 0.397. The van der Waals surface area contributed by atoms with Crippen molar-refractivity contribution in [2.75, 3.05) is 12.4 Å². The molecule has 0 aliphatic rings. The van der Waals surface area contributed by atoms with Gasteiger partial charge in [-0.2, -0.15) is 0 Å². The highest BCUT2D eigenvalue weighted by molar-refractivity contribution is 5.36. The average molecular weight is 299 g/mol. The normalized spacial score (nSPS) is 13.5. The second-order valence-electron chi connectivity index (χ2n) is 5.88. The summed E-state index contributed by atoms with van der Waals surface area (Å²) in [6.07, 6.45) is 5.99. The molecule has 118 valence electrons. The standard InChI is InChI=1S/C18H25N3O/c1-13-5-9-17(19-11-13)21-15(3)7-6-14(2)16-8-10-18(22-4)20-12-16/h5,8-12,14-15H,6-7H2,1-4H3,(H,19,21). The van der Waals surface area contributed by atoms with Crippen LogP contribution in [0, 0.1) is 6.92 Å². The number of pyridine rings is 2. The van der Waals surface area contributed by atoms with Gasteiger partial charge in [-0.3, -0.25) is 0 Å². The summed E-state index contributed by atoms with van der Waals surface area (Å²) in [5.74, 6) is 2.09. The smallest absolute Gasteiger partial charge is 0.212 e. The van der Waals surface area contributed by atoms with E-state index in [9.17, 15) is 0 Å². The molecule has 2 heterocycles. The Bertz CT molecular complexity index is 566. The second kappa shape index (κ2) is 7.78. The van der Waals surface area contributed by atoms with E-state index in [0.29, 0.717) is 17.8 Å². The molecule has 1 N–H and O–H groups in total. The zero-order valence-electron chi connectivity index (χ0n) is 13.8. The summed E-state index contributed by atoms with van der Waals surface area (Å²) in [4.78, 5) is 8.66. The number of aromatic nitrogens is 2. The van der Waals surface area contributed by atoms with E-state index < -0.39 is 0 Å². The summed E-state index contributed by atoms with van der Waals surface area (Å²) in [7, 11) is 1.64. The first kappa shape index (κ1) is 16.3. The number of ether oxygens (including phenoxy) is 1. The van der Waals surface area contributed by atoms with Crippen molar-refractivity contribution in [2.45, 2.75) is 45.6 Å². The lowest BCUT2D eigenvalue weighted by Gasteiger charge is -2.17. The van der Waals surface area contributed by atoms with Crippen LogP contribution < -0.4 is 10.1 Å². The highest BCUT2D eigenvalue weighted by atomic mass is 16.5. The number of hydrogen-bond acceptors (Lipinski definition) is 4. The largest absolute Gasteiger partial charge is 0.481 e. The average Bonchev–Trinajstić information content (AvgIpc) is 2.55. The Balaban J connectivity index is 1.81. The van der Waals surface area contributed by atoms with Gasteiger partial charge in [0.2, 0.25) is 5.88 Å². The minimum atomic E-state index is 0.392. The summed E-state index contributed by atoms with van der Waals surface area (Å²) < 4.78 is 5.09. The van der Waals surface area contributed by atoms with Gasteiger partial charge in [-0.1, -0.05) is 19.1 Å². The van der Waals surface area contributed by atoms with Crippen molar-refractivity contribution < 1.29 is 4.74 Å². The maximum Gasteiger partial charge on any atom is 0.212 e. The predicted molar refractivity (Wildman–Crippen MR) is 90.5 cm³/mol. The van der Waals surface area contributed by atoms with Crippen molar-refractivity contribution in [1.29, 1.82) is 0 Å². The van der Waals surface area contributed by atoms with Gasteiger partial charge in [0.25, 0.3) is 0 Å². The Kier molecular flexibility index (Phi) is 5.75. The molecule has 0 aromatic carbocycles. The minimum Gasteiger partial charge on any atom is -0.481 e. The third-order valence-corrected chi connectivity index (χ3v) is 3.88. The summed E-state index contributed by atoms with van der Waals surface area (Å²) >= 11 is 0. The Hall–Kier alpha value is -2.10. The van der Waals surface area contributed by atoms with Crippen LogP contribution in [0.2, 0.25) is 0 Å². The van der Waals surface area contributed by atoms with Crippen LogP contribution in [0.4, 0.5) is 5.82 Å². The van der Waals surface area contributed by atoms with Gasteiger partial charge in [-0.25, -0.2) is 9.97 Å². The Morgan fingerprint density at radius 3 is 2.45 bits per heavy atom. The van der Waals surface area contributed by atoms with Crippen molar-refractivity contribution in [1.82, 2.24) is 9.97 Å². The van der Waals surface area contributed by atoms with Crippen LogP contribution in [-0.4, -0.2) is 23.1 Å². The number of hydrogen-bond donors (Lipinski definition) is 1. The molecule has 2 aromatic rings. The minimum absolute atomic E-state index is 0.392. The van der Waals surface area contributed by atoms with Gasteiger partial charge in [0.1, 0.15) is 5.82 Å². The quantitative estimate of drug-likeness (QED) is 0.833. The van der Waals surface area contributed by atoms with E-state index in [0.717, 1.165) is 18.7 Å². The number of aryl methyl sites for hydroxylation is 1. The van der Waals surface area contributed by atoms with Gasteiger partial charge < -0.3 is 10.1 Å². The van der Waals surface area contributed by atoms with E-state index in [-0.39, 0.29) is 0 Å². The fourth-order valence-corrected chi connectivity index (χ4v) is 2.35. The fraction of sp³-hybridized carbons (Fsp3) is 0.444. The topological polar surface area (TPSA) is 47.0 Å². The molecule has 0 spiro atoms. The van der Waals surface area contributed by atoms with Crippen LogP contribution in [-0.2, 0) is 0 Å². The summed E-state index contributed by atoms with van der Waals surface area (Å²) in [6.45, 7) is 6.48. The van der Waals surface area contributed by atoms with Crippen LogP contribution in [0.3, 0.4) is 0 Å². The summed E-state index contributed by atoms with van der Waals surface area (Å²) in [6, 6.07) is 8.51. The van der Waals surface area contributed by atoms with Crippen molar-refractivity contribution in [3.8, 4) is 5.88 Å². The zero-order valence-corrected chi connectivity index (χ0v) is 13.8. The molecule has 4 nitrogen and oxygen atoms in total. The Morgan fingerprint density at radius 1 is 1.05 bits per heavy atom. The molecule has 2 aromatic heterocycles. The molecule has 4 heteroatoms. The van der Waals surface area contributed by atoms with Crippen molar-refractivity contribution in [2.24, 2.45) is 0 Å². The van der Waals surface area contributed by atoms with Gasteiger partial charge in [0.15, 0.2) is 0 Å². The van der Waals surface area contributed by atoms with E-state index in [1.807, 2.05) is 31.5 Å². The monoisotopic (exact) mass is 299 g/mol. The molecule has 0 bridgehead atoms. The van der Waals surface area contributed by atoms with Crippen molar-refractivity contribution >= 4 is 5.82 Å². The predicted octanol–water partition coefficient (Wildman–Crippen LogP) is 4.18. The van der Waals surface area contributed by atoms with E-state index >= 15 is 0 Å². The molecule has 2 atom stereocenters. The van der Waals surface area contributed by atoms with Gasteiger partial charge in [-0.15, -0.1) is 0 Å². The molecule has 22 heavy (non-hydrogen) atoms. The van der Waals surface area contributed by atoms with E-state index in [4.69, 9.17) is 4.74 Å². The van der Waals surface area contributed by atoms with Crippen molar-refractivity contribution in [3.05, 3.63) is 47.8 Å². The summed E-state index contributed by atoms with van der Waals surface area (Å²) in [5, 5.41) is 3.45. The van der Waals surface area contributed by atoms with Crippen LogP contribution in [0.5, 0.6) is 5.88 Å². The lowest BCUT2D eigenvalue weighted by atomic mass is 9.96. The van der Waals surface area contributed by atoms with Crippen molar-refractivity contribution in [3.63, 3.8) is 0 Å². The number of rotatable bonds is 7. The first-order chi connectivity index (χ1) is 10.6. The first-order valence-electron chi connectivity index (χ1n) is 7.77. The van der Waals surface area contributed by atoms with Crippen LogP contribution in [0.15, 0.2) is 36.7 Å². The molecule has 0 fully saturated rings. The number of nitrogens with zero attached hydrogens (tertiary/aromatic N) is 2. The van der Waals surface area contributed by atoms with Gasteiger partial charge >= 0.3 is 0 Å². The third kappa shape index (κ3) is 4.72. The molecule has 2 unspecified atom stereocenters. The number of methoxy groups -OCH3 is 1. The molecule has 0 amide bonds. The maximum absolute atomic E-state index is 5.09. The van der Waals surface area contributed by atoms with E-state index in [2.05, 4.69) is 41.3 Å². The first-order valence-corrected chi connectivity index (χ1v) is 7.77. The van der Waals surface area contributed by atoms with Gasteiger partial charge in [0.05, 0.1) is 7.11 Å². The van der Waals surface area contributed by atoms with Crippen LogP contribution in [0.25, 0.3) is 0 Å². The second-order valence-corrected chi connectivity index (χ2v) is 5.88. The highest BCUT2D eigenvalue weighted by Gasteiger charge is 2.10. The molecule has 0 aliphatic heterocycles. The van der Waals surface area contributed by atoms with Gasteiger partial charge in [0, 0.05) is 24.5 Å². The molecule has 0 aliphatic carbocycles. The SMILES string of the molecule is COc1ccc(C(C)CCC(C)Nc2ccc(C)cn2)cn1. The Labute approximate surface area is 133 Å². The molecule has 0 saturated heterocycles. The van der Waals surface area contributed by atoms with E-state index in [1.165, 1.54) is 11.1 Å². The zero-order chi connectivity index (χ0) is 15.9. The summed E-state index contributed by atoms with van der Waals surface area (Å²) in [5.41, 5.74) is 2.43. The molecular formula is C18H25N3O. The molecule has 0 saturated carbocycles. The van der Waals surface area contributed by atoms with Crippen LogP contribution >= 0.6 is 0 Å². The lowest BCUT2D eigenvalue weighted by Crippen LogP contribution is -2.16. The third-order valence-electron chi connectivity index (χ3n) is 3.88. The maximum atomic E-state index is 5.09. The van der Waals surface area contributed by atoms with E-state index in [1.54, 1.807) is 7.11 Å². The molecular weight excluding hydrogens is 274 g/mol. The fourth-order valence-electron chi connectivity index (χ4n) is 2.35. The molecule has 0 radical (unpaired) electrons. The van der Waals surface area contributed by atoms with Gasteiger partial charge in [-0.05, 0) is 49.8 Å². The Morgan fingerprint density at radius 2 is 1.86 bits per heavy atom. The number of anilines is 1. The highest BCUT2D eigenvalue weighted by Crippen LogP contribution is 2.22. The number of nitrogens with one attached hydrogen (secondary N) is 1.